The molecule has 0 fully saturated rings. The molecule has 0 bridgehead atoms. The van der Waals surface area contributed by atoms with Gasteiger partial charge in [-0.25, -0.2) is 0 Å². The van der Waals surface area contributed by atoms with E-state index in [0.717, 1.165) is 0 Å². The van der Waals surface area contributed by atoms with Gasteiger partial charge < -0.3 is 5.11 Å². The zero-order valence-electron chi connectivity index (χ0n) is 4.73. The van der Waals surface area contributed by atoms with E-state index in [0.29, 0.717) is 0 Å². The highest BCUT2D eigenvalue weighted by molar-refractivity contribution is 4.76. The summed E-state index contributed by atoms with van der Waals surface area (Å²) in [4.78, 5) is 2.41. The molecule has 0 aliphatic heterocycles. The van der Waals surface area contributed by atoms with Gasteiger partial charge in [-0.2, -0.15) is 5.26 Å². The van der Waals surface area contributed by atoms with Crippen LogP contribution in [0.25, 0.3) is 10.4 Å². The smallest absolute Gasteiger partial charge is 0.0726 e. The van der Waals surface area contributed by atoms with Crippen molar-refractivity contribution < 1.29 is 5.11 Å². The maximum atomic E-state index is 8.69. The van der Waals surface area contributed by atoms with E-state index in [2.05, 4.69) is 10.0 Å². The van der Waals surface area contributed by atoms with Gasteiger partial charge in [0.05, 0.1) is 25.1 Å². The van der Waals surface area contributed by atoms with Crippen LogP contribution in [-0.2, 0) is 0 Å². The molecule has 0 aromatic heterocycles. The summed E-state index contributed by atoms with van der Waals surface area (Å²) in [7, 11) is 0. The third-order valence-electron chi connectivity index (χ3n) is 0.683. The number of nitrogens with zero attached hydrogens (tertiary/aromatic N) is 4. The van der Waals surface area contributed by atoms with Crippen LogP contribution in [0.3, 0.4) is 0 Å². The molecule has 0 aliphatic rings. The first-order valence-corrected chi connectivity index (χ1v) is 2.37. The lowest BCUT2D eigenvalue weighted by Crippen LogP contribution is -2.08. The third kappa shape index (κ3) is 4.62. The molecule has 0 radical (unpaired) electrons. The molecule has 1 N–H and O–H groups in total. The molecule has 0 spiro atoms. The molecular weight excluding hydrogens is 120 g/mol. The van der Waals surface area contributed by atoms with Gasteiger partial charge >= 0.3 is 0 Å². The highest BCUT2D eigenvalue weighted by Crippen LogP contribution is 1.89. The maximum absolute atomic E-state index is 8.69. The van der Waals surface area contributed by atoms with Gasteiger partial charge in [0, 0.05) is 4.91 Å². The lowest BCUT2D eigenvalue weighted by Gasteiger charge is -1.96. The summed E-state index contributed by atoms with van der Waals surface area (Å²) in [6.07, 6.45) is -0.801. The average Bonchev–Trinajstić information content (AvgIpc) is 1.85. The summed E-state index contributed by atoms with van der Waals surface area (Å²) < 4.78 is 0. The van der Waals surface area contributed by atoms with Gasteiger partial charge in [0.1, 0.15) is 0 Å². The molecule has 0 unspecified atom stereocenters. The van der Waals surface area contributed by atoms with Gasteiger partial charge in [-0.05, 0) is 5.53 Å². The van der Waals surface area contributed by atoms with Gasteiger partial charge in [0.2, 0.25) is 0 Å². The molecular formula is C4H6N4O. The van der Waals surface area contributed by atoms with Crippen LogP contribution >= 0.6 is 0 Å². The summed E-state index contributed by atoms with van der Waals surface area (Å²) in [5, 5.41) is 19.8. The molecule has 0 saturated carbocycles. The third-order valence-corrected chi connectivity index (χ3v) is 0.683. The van der Waals surface area contributed by atoms with Gasteiger partial charge in [0.15, 0.2) is 0 Å². The minimum Gasteiger partial charge on any atom is -0.392 e. The van der Waals surface area contributed by atoms with Crippen molar-refractivity contribution in [2.45, 2.75) is 12.5 Å². The zero-order valence-corrected chi connectivity index (χ0v) is 4.73. The Balaban J connectivity index is 3.40. The van der Waals surface area contributed by atoms with E-state index >= 15 is 0 Å². The lowest BCUT2D eigenvalue weighted by atomic mass is 10.3. The Morgan fingerprint density at radius 3 is 3.00 bits per heavy atom. The first-order valence-electron chi connectivity index (χ1n) is 2.37. The van der Waals surface area contributed by atoms with Gasteiger partial charge in [-0.3, -0.25) is 0 Å². The van der Waals surface area contributed by atoms with Crippen LogP contribution < -0.4 is 0 Å². The normalized spacial score (nSPS) is 11.1. The summed E-state index contributed by atoms with van der Waals surface area (Å²) >= 11 is 0. The SMILES string of the molecule is N#CC[C@@H](O)CN=[N+]=[N-]. The van der Waals surface area contributed by atoms with Gasteiger partial charge in [0.25, 0.3) is 0 Å². The average molecular weight is 126 g/mol. The van der Waals surface area contributed by atoms with Crippen LogP contribution in [-0.4, -0.2) is 17.8 Å². The van der Waals surface area contributed by atoms with Gasteiger partial charge in [-0.1, -0.05) is 5.11 Å². The molecule has 5 heteroatoms. The predicted octanol–water partition coefficient (Wildman–Crippen LogP) is 0.571. The monoisotopic (exact) mass is 126 g/mol. The van der Waals surface area contributed by atoms with Crippen LogP contribution in [0.1, 0.15) is 6.42 Å². The summed E-state index contributed by atoms with van der Waals surface area (Å²) in [6.45, 7) is -0.0237. The molecule has 5 nitrogen and oxygen atoms in total. The number of aliphatic hydroxyl groups is 1. The zero-order chi connectivity index (χ0) is 7.11. The van der Waals surface area contributed by atoms with E-state index < -0.39 is 6.10 Å². The van der Waals surface area contributed by atoms with E-state index in [1.165, 1.54) is 0 Å². The van der Waals surface area contributed by atoms with Crippen molar-refractivity contribution in [2.75, 3.05) is 6.54 Å². The highest BCUT2D eigenvalue weighted by Gasteiger charge is 1.98. The van der Waals surface area contributed by atoms with Crippen molar-refractivity contribution in [1.82, 2.24) is 0 Å². The quantitative estimate of drug-likeness (QED) is 0.340. The Bertz CT molecular complexity index is 154. The number of hydrogen-bond acceptors (Lipinski definition) is 3. The number of rotatable bonds is 3. The molecule has 0 rings (SSSR count). The Morgan fingerprint density at radius 1 is 1.89 bits per heavy atom. The highest BCUT2D eigenvalue weighted by atomic mass is 16.3. The van der Waals surface area contributed by atoms with E-state index in [9.17, 15) is 0 Å². The van der Waals surface area contributed by atoms with Crippen LogP contribution in [0.15, 0.2) is 5.11 Å². The number of hydrogen-bond donors (Lipinski definition) is 1. The summed E-state index contributed by atoms with van der Waals surface area (Å²) in [6, 6.07) is 1.74. The van der Waals surface area contributed by atoms with E-state index in [1.54, 1.807) is 6.07 Å². The van der Waals surface area contributed by atoms with Crippen molar-refractivity contribution in [2.24, 2.45) is 5.11 Å². The topological polar surface area (TPSA) is 92.8 Å². The standard InChI is InChI=1S/C4H6N4O/c5-2-1-4(9)3-7-8-6/h4,9H,1,3H2/t4-/m1/s1. The second kappa shape index (κ2) is 4.91. The minimum atomic E-state index is -0.814. The molecule has 0 aromatic rings. The van der Waals surface area contributed by atoms with Crippen molar-refractivity contribution in [3.8, 4) is 6.07 Å². The molecule has 9 heavy (non-hydrogen) atoms. The van der Waals surface area contributed by atoms with Crippen LogP contribution in [0.5, 0.6) is 0 Å². The first-order chi connectivity index (χ1) is 4.31. The van der Waals surface area contributed by atoms with E-state index in [-0.39, 0.29) is 13.0 Å². The van der Waals surface area contributed by atoms with Crippen molar-refractivity contribution in [3.05, 3.63) is 10.4 Å². The number of azide groups is 1. The largest absolute Gasteiger partial charge is 0.392 e. The maximum Gasteiger partial charge on any atom is 0.0726 e. The van der Waals surface area contributed by atoms with Crippen LogP contribution in [0.4, 0.5) is 0 Å². The van der Waals surface area contributed by atoms with Crippen molar-refractivity contribution >= 4 is 0 Å². The molecule has 0 aromatic carbocycles. The first kappa shape index (κ1) is 7.76. The fourth-order valence-corrected chi connectivity index (χ4v) is 0.301. The number of aliphatic hydroxyl groups excluding tert-OH is 1. The summed E-state index contributed by atoms with van der Waals surface area (Å²) in [5.74, 6) is 0. The molecule has 0 aliphatic carbocycles. The van der Waals surface area contributed by atoms with E-state index in [4.69, 9.17) is 15.9 Å². The molecule has 1 atom stereocenters. The Kier molecular flexibility index (Phi) is 4.23. The van der Waals surface area contributed by atoms with Crippen LogP contribution in [0, 0.1) is 11.3 Å². The van der Waals surface area contributed by atoms with E-state index in [1.807, 2.05) is 0 Å². The lowest BCUT2D eigenvalue weighted by molar-refractivity contribution is 0.188. The second-order valence-electron chi connectivity index (χ2n) is 1.43. The van der Waals surface area contributed by atoms with Crippen LogP contribution in [0.2, 0.25) is 0 Å². The Labute approximate surface area is 52.2 Å². The Morgan fingerprint density at radius 2 is 2.56 bits per heavy atom. The van der Waals surface area contributed by atoms with Crippen molar-refractivity contribution in [3.63, 3.8) is 0 Å². The second-order valence-corrected chi connectivity index (χ2v) is 1.43. The molecule has 48 valence electrons. The number of nitriles is 1. The molecule has 0 heterocycles. The fraction of sp³-hybridized carbons (Fsp3) is 0.750. The minimum absolute atomic E-state index is 0.0129. The summed E-state index contributed by atoms with van der Waals surface area (Å²) in [5.41, 5.74) is 7.75. The molecule has 0 amide bonds. The Hall–Kier alpha value is -1.24. The predicted molar refractivity (Wildman–Crippen MR) is 30.2 cm³/mol. The fourth-order valence-electron chi connectivity index (χ4n) is 0.301. The van der Waals surface area contributed by atoms with Gasteiger partial charge in [-0.15, -0.1) is 0 Å². The molecule has 0 saturated heterocycles. The van der Waals surface area contributed by atoms with Crippen molar-refractivity contribution in [1.29, 1.82) is 5.26 Å².